The smallest absolute Gasteiger partial charge is 0.138 e. The summed E-state index contributed by atoms with van der Waals surface area (Å²) in [5.41, 5.74) is 3.30. The number of benzene rings is 3. The van der Waals surface area contributed by atoms with Gasteiger partial charge in [0.05, 0.1) is 5.02 Å². The summed E-state index contributed by atoms with van der Waals surface area (Å²) in [5.74, 6) is 0.695. The standard InChI is InChI=1S/C21H19Cl2NO.ClH/c22-19-9-5-4-8-18(19)14-24-13-17-10-11-21(20(23)12-17)25-15-16-6-2-1-3-7-16;/h1-12,24H,13-15H2;1H. The predicted octanol–water partition coefficient (Wildman–Crippen LogP) is 6.28. The molecule has 5 heteroatoms. The van der Waals surface area contributed by atoms with E-state index in [-0.39, 0.29) is 12.4 Å². The molecule has 0 heterocycles. The van der Waals surface area contributed by atoms with Gasteiger partial charge in [0, 0.05) is 18.1 Å². The van der Waals surface area contributed by atoms with E-state index in [4.69, 9.17) is 27.9 Å². The maximum atomic E-state index is 6.34. The van der Waals surface area contributed by atoms with Gasteiger partial charge in [0.2, 0.25) is 0 Å². The first kappa shape index (κ1) is 20.6. The van der Waals surface area contributed by atoms with E-state index in [1.807, 2.05) is 72.8 Å². The van der Waals surface area contributed by atoms with Crippen molar-refractivity contribution >= 4 is 35.6 Å². The van der Waals surface area contributed by atoms with Gasteiger partial charge in [-0.2, -0.15) is 0 Å². The second-order valence-corrected chi connectivity index (χ2v) is 6.55. The van der Waals surface area contributed by atoms with E-state index in [0.717, 1.165) is 21.7 Å². The fourth-order valence-corrected chi connectivity index (χ4v) is 2.95. The third-order valence-electron chi connectivity index (χ3n) is 3.84. The number of ether oxygens (including phenoxy) is 1. The van der Waals surface area contributed by atoms with Gasteiger partial charge in [-0.25, -0.2) is 0 Å². The number of hydrogen-bond acceptors (Lipinski definition) is 2. The molecule has 0 aliphatic heterocycles. The Hall–Kier alpha value is -1.71. The SMILES string of the molecule is Cl.Clc1ccccc1CNCc1ccc(OCc2ccccc2)c(Cl)c1. The number of halogens is 3. The maximum absolute atomic E-state index is 6.34. The quantitative estimate of drug-likeness (QED) is 0.496. The van der Waals surface area contributed by atoms with Gasteiger partial charge >= 0.3 is 0 Å². The highest BCUT2D eigenvalue weighted by molar-refractivity contribution is 6.32. The lowest BCUT2D eigenvalue weighted by Crippen LogP contribution is -2.13. The summed E-state index contributed by atoms with van der Waals surface area (Å²) >= 11 is 12.5. The van der Waals surface area contributed by atoms with E-state index >= 15 is 0 Å². The Kier molecular flexibility index (Phi) is 8.27. The van der Waals surface area contributed by atoms with Gasteiger partial charge in [0.15, 0.2) is 0 Å². The molecule has 1 N–H and O–H groups in total. The van der Waals surface area contributed by atoms with Crippen molar-refractivity contribution in [3.8, 4) is 5.75 Å². The van der Waals surface area contributed by atoms with Crippen LogP contribution >= 0.6 is 35.6 Å². The van der Waals surface area contributed by atoms with Crippen LogP contribution in [-0.2, 0) is 19.7 Å². The molecule has 2 nitrogen and oxygen atoms in total. The minimum atomic E-state index is 0. The Morgan fingerprint density at radius 3 is 2.19 bits per heavy atom. The molecule has 0 saturated heterocycles. The summed E-state index contributed by atoms with van der Waals surface area (Å²) < 4.78 is 5.80. The van der Waals surface area contributed by atoms with E-state index in [0.29, 0.717) is 30.5 Å². The summed E-state index contributed by atoms with van der Waals surface area (Å²) in [6, 6.07) is 23.7. The Bertz CT molecular complexity index is 824. The van der Waals surface area contributed by atoms with E-state index < -0.39 is 0 Å². The highest BCUT2D eigenvalue weighted by Crippen LogP contribution is 2.26. The van der Waals surface area contributed by atoms with Crippen LogP contribution in [0.25, 0.3) is 0 Å². The molecule has 3 aromatic rings. The Morgan fingerprint density at radius 2 is 1.46 bits per heavy atom. The first-order valence-electron chi connectivity index (χ1n) is 8.11. The van der Waals surface area contributed by atoms with Gasteiger partial charge in [-0.3, -0.25) is 0 Å². The first-order chi connectivity index (χ1) is 12.2. The number of hydrogen-bond donors (Lipinski definition) is 1. The molecule has 0 aromatic heterocycles. The molecule has 0 aliphatic carbocycles. The third-order valence-corrected chi connectivity index (χ3v) is 4.50. The van der Waals surface area contributed by atoms with E-state index in [2.05, 4.69) is 5.32 Å². The van der Waals surface area contributed by atoms with Crippen LogP contribution < -0.4 is 10.1 Å². The van der Waals surface area contributed by atoms with Crippen LogP contribution in [0.3, 0.4) is 0 Å². The fourth-order valence-electron chi connectivity index (χ4n) is 2.49. The van der Waals surface area contributed by atoms with Crippen LogP contribution in [0.5, 0.6) is 5.75 Å². The molecule has 0 unspecified atom stereocenters. The lowest BCUT2D eigenvalue weighted by atomic mass is 10.2. The Labute approximate surface area is 170 Å². The minimum absolute atomic E-state index is 0. The van der Waals surface area contributed by atoms with Crippen molar-refractivity contribution in [2.75, 3.05) is 0 Å². The number of nitrogens with one attached hydrogen (secondary N) is 1. The van der Waals surface area contributed by atoms with E-state index in [1.54, 1.807) is 0 Å². The van der Waals surface area contributed by atoms with Crippen LogP contribution in [0.1, 0.15) is 16.7 Å². The average molecular weight is 409 g/mol. The molecule has 136 valence electrons. The molecule has 26 heavy (non-hydrogen) atoms. The van der Waals surface area contributed by atoms with Gasteiger partial charge in [0.25, 0.3) is 0 Å². The van der Waals surface area contributed by atoms with Crippen molar-refractivity contribution in [1.82, 2.24) is 5.32 Å². The molecular weight excluding hydrogens is 389 g/mol. The molecule has 0 amide bonds. The molecule has 0 saturated carbocycles. The van der Waals surface area contributed by atoms with Gasteiger partial charge in [0.1, 0.15) is 12.4 Å². The Morgan fingerprint density at radius 1 is 0.731 bits per heavy atom. The van der Waals surface area contributed by atoms with Crippen molar-refractivity contribution < 1.29 is 4.74 Å². The minimum Gasteiger partial charge on any atom is -0.487 e. The molecule has 3 aromatic carbocycles. The predicted molar refractivity (Wildman–Crippen MR) is 111 cm³/mol. The molecular formula is C21H20Cl3NO. The van der Waals surface area contributed by atoms with Gasteiger partial charge in [-0.15, -0.1) is 12.4 Å². The summed E-state index contributed by atoms with van der Waals surface area (Å²) in [5, 5.41) is 4.77. The van der Waals surface area contributed by atoms with Crippen LogP contribution in [0, 0.1) is 0 Å². The van der Waals surface area contributed by atoms with Gasteiger partial charge in [-0.1, -0.05) is 77.8 Å². The second kappa shape index (κ2) is 10.4. The normalized spacial score (nSPS) is 10.2. The van der Waals surface area contributed by atoms with Crippen molar-refractivity contribution in [2.24, 2.45) is 0 Å². The number of rotatable bonds is 7. The largest absolute Gasteiger partial charge is 0.487 e. The molecule has 0 atom stereocenters. The van der Waals surface area contributed by atoms with Crippen molar-refractivity contribution in [3.63, 3.8) is 0 Å². The van der Waals surface area contributed by atoms with Crippen LogP contribution in [0.2, 0.25) is 10.0 Å². The molecule has 0 radical (unpaired) electrons. The van der Waals surface area contributed by atoms with Crippen molar-refractivity contribution in [3.05, 3.63) is 99.5 Å². The zero-order valence-electron chi connectivity index (χ0n) is 14.1. The van der Waals surface area contributed by atoms with Gasteiger partial charge < -0.3 is 10.1 Å². The van der Waals surface area contributed by atoms with E-state index in [1.165, 1.54) is 0 Å². The summed E-state index contributed by atoms with van der Waals surface area (Å²) in [6.45, 7) is 1.93. The molecule has 0 spiro atoms. The second-order valence-electron chi connectivity index (χ2n) is 5.73. The molecule has 0 fully saturated rings. The molecule has 0 bridgehead atoms. The van der Waals surface area contributed by atoms with Crippen LogP contribution in [-0.4, -0.2) is 0 Å². The first-order valence-corrected chi connectivity index (χ1v) is 8.87. The molecule has 3 rings (SSSR count). The highest BCUT2D eigenvalue weighted by Gasteiger charge is 2.04. The zero-order valence-corrected chi connectivity index (χ0v) is 16.5. The maximum Gasteiger partial charge on any atom is 0.138 e. The summed E-state index contributed by atoms with van der Waals surface area (Å²) in [7, 11) is 0. The molecule has 0 aliphatic rings. The summed E-state index contributed by atoms with van der Waals surface area (Å²) in [6.07, 6.45) is 0. The Balaban J connectivity index is 0.00000243. The van der Waals surface area contributed by atoms with Gasteiger partial charge in [-0.05, 0) is 34.9 Å². The average Bonchev–Trinajstić information content (AvgIpc) is 2.63. The van der Waals surface area contributed by atoms with E-state index in [9.17, 15) is 0 Å². The fraction of sp³-hybridized carbons (Fsp3) is 0.143. The third kappa shape index (κ3) is 5.93. The van der Waals surface area contributed by atoms with Crippen LogP contribution in [0.15, 0.2) is 72.8 Å². The highest BCUT2D eigenvalue weighted by atomic mass is 35.5. The lowest BCUT2D eigenvalue weighted by molar-refractivity contribution is 0.306. The monoisotopic (exact) mass is 407 g/mol. The topological polar surface area (TPSA) is 21.3 Å². The lowest BCUT2D eigenvalue weighted by Gasteiger charge is -2.11. The van der Waals surface area contributed by atoms with Crippen LogP contribution in [0.4, 0.5) is 0 Å². The summed E-state index contributed by atoms with van der Waals surface area (Å²) in [4.78, 5) is 0. The van der Waals surface area contributed by atoms with Crippen molar-refractivity contribution in [1.29, 1.82) is 0 Å². The van der Waals surface area contributed by atoms with Crippen molar-refractivity contribution in [2.45, 2.75) is 19.7 Å². The zero-order chi connectivity index (χ0) is 17.5.